The van der Waals surface area contributed by atoms with E-state index in [1.54, 1.807) is 0 Å². The summed E-state index contributed by atoms with van der Waals surface area (Å²) in [5.74, 6) is -1.76. The fraction of sp³-hybridized carbons (Fsp3) is 0.500. The second kappa shape index (κ2) is 5.12. The Kier molecular flexibility index (Phi) is 3.56. The highest BCUT2D eigenvalue weighted by Crippen LogP contribution is 2.29. The van der Waals surface area contributed by atoms with Gasteiger partial charge >= 0.3 is 5.97 Å². The van der Waals surface area contributed by atoms with Gasteiger partial charge in [-0.05, 0) is 18.4 Å². The predicted octanol–water partition coefficient (Wildman–Crippen LogP) is 2.49. The molecule has 0 amide bonds. The van der Waals surface area contributed by atoms with Crippen LogP contribution in [0.5, 0.6) is 5.88 Å². The fourth-order valence-electron chi connectivity index (χ4n) is 1.79. The van der Waals surface area contributed by atoms with Crippen LogP contribution >= 0.6 is 0 Å². The first kappa shape index (κ1) is 11.8. The number of aromatic nitrogens is 1. The van der Waals surface area contributed by atoms with Gasteiger partial charge < -0.3 is 9.84 Å². The molecule has 5 heteroatoms. The predicted molar refractivity (Wildman–Crippen MR) is 58.6 cm³/mol. The molecular formula is C12H14FNO3. The third kappa shape index (κ3) is 2.72. The molecule has 1 saturated carbocycles. The minimum atomic E-state index is -1.31. The van der Waals surface area contributed by atoms with Gasteiger partial charge in [-0.1, -0.05) is 19.3 Å². The van der Waals surface area contributed by atoms with E-state index in [9.17, 15) is 9.18 Å². The smallest absolute Gasteiger partial charge is 0.338 e. The molecule has 0 atom stereocenters. The lowest BCUT2D eigenvalue weighted by Gasteiger charge is -2.24. The van der Waals surface area contributed by atoms with Crippen LogP contribution < -0.4 is 4.74 Å². The number of pyridine rings is 1. The Morgan fingerprint density at radius 1 is 1.59 bits per heavy atom. The zero-order chi connectivity index (χ0) is 12.3. The summed E-state index contributed by atoms with van der Waals surface area (Å²) in [5, 5.41) is 8.73. The summed E-state index contributed by atoms with van der Waals surface area (Å²) in [7, 11) is 0. The maximum Gasteiger partial charge on any atom is 0.338 e. The molecule has 0 bridgehead atoms. The number of hydrogen-bond acceptors (Lipinski definition) is 3. The Morgan fingerprint density at radius 2 is 2.35 bits per heavy atom. The van der Waals surface area contributed by atoms with Crippen LogP contribution in [-0.4, -0.2) is 22.7 Å². The van der Waals surface area contributed by atoms with Crippen molar-refractivity contribution in [1.29, 1.82) is 0 Å². The molecule has 1 N–H and O–H groups in total. The van der Waals surface area contributed by atoms with Gasteiger partial charge in [0.1, 0.15) is 5.56 Å². The lowest BCUT2D eigenvalue weighted by molar-refractivity contribution is 0.0690. The second-order valence-corrected chi connectivity index (χ2v) is 4.22. The summed E-state index contributed by atoms with van der Waals surface area (Å²) in [6, 6.07) is 1.12. The minimum Gasteiger partial charge on any atom is -0.478 e. The number of aromatic carboxylic acids is 1. The van der Waals surface area contributed by atoms with Crippen molar-refractivity contribution in [3.8, 4) is 5.88 Å². The van der Waals surface area contributed by atoms with Crippen LogP contribution in [0.1, 0.15) is 36.0 Å². The molecule has 1 aliphatic rings. The molecule has 0 aromatic carbocycles. The van der Waals surface area contributed by atoms with Crippen LogP contribution in [0.15, 0.2) is 12.3 Å². The number of carboxylic acid groups (broad SMARTS) is 1. The third-order valence-electron chi connectivity index (χ3n) is 3.08. The molecule has 1 aromatic heterocycles. The zero-order valence-electron chi connectivity index (χ0n) is 9.36. The number of rotatable bonds is 5. The summed E-state index contributed by atoms with van der Waals surface area (Å²) in [4.78, 5) is 14.4. The molecule has 0 saturated heterocycles. The highest BCUT2D eigenvalue weighted by Gasteiger charge is 2.19. The van der Waals surface area contributed by atoms with Gasteiger partial charge in [0, 0.05) is 6.20 Å². The number of hydrogen-bond donors (Lipinski definition) is 1. The van der Waals surface area contributed by atoms with Crippen molar-refractivity contribution >= 4 is 5.97 Å². The normalized spacial score (nSPS) is 15.4. The number of nitrogens with zero attached hydrogens (tertiary/aromatic N) is 1. The molecule has 0 unspecified atom stereocenters. The van der Waals surface area contributed by atoms with E-state index >= 15 is 0 Å². The number of carboxylic acids is 1. The average Bonchev–Trinajstić information content (AvgIpc) is 2.23. The highest BCUT2D eigenvalue weighted by molar-refractivity contribution is 5.88. The van der Waals surface area contributed by atoms with E-state index < -0.39 is 17.3 Å². The average molecular weight is 239 g/mol. The first-order valence-corrected chi connectivity index (χ1v) is 5.69. The van der Waals surface area contributed by atoms with E-state index in [-0.39, 0.29) is 5.88 Å². The number of carbonyl (C=O) groups is 1. The fourth-order valence-corrected chi connectivity index (χ4v) is 1.79. The lowest BCUT2D eigenvalue weighted by atomic mass is 9.83. The Balaban J connectivity index is 1.95. The van der Waals surface area contributed by atoms with Crippen molar-refractivity contribution in [2.24, 2.45) is 5.92 Å². The minimum absolute atomic E-state index is 0.218. The third-order valence-corrected chi connectivity index (χ3v) is 3.08. The molecule has 92 valence electrons. The largest absolute Gasteiger partial charge is 0.478 e. The van der Waals surface area contributed by atoms with Crippen molar-refractivity contribution < 1.29 is 19.0 Å². The Morgan fingerprint density at radius 3 is 2.94 bits per heavy atom. The van der Waals surface area contributed by atoms with Crippen molar-refractivity contribution in [2.45, 2.75) is 25.7 Å². The summed E-state index contributed by atoms with van der Waals surface area (Å²) < 4.78 is 18.8. The molecule has 0 aliphatic heterocycles. The highest BCUT2D eigenvalue weighted by atomic mass is 19.1. The van der Waals surface area contributed by atoms with Gasteiger partial charge in [-0.3, -0.25) is 0 Å². The number of halogens is 1. The molecule has 1 fully saturated rings. The summed E-state index contributed by atoms with van der Waals surface area (Å²) in [6.07, 6.45) is 5.78. The van der Waals surface area contributed by atoms with Gasteiger partial charge in [-0.25, -0.2) is 14.2 Å². The quantitative estimate of drug-likeness (QED) is 0.857. The van der Waals surface area contributed by atoms with Crippen LogP contribution in [0, 0.1) is 11.7 Å². The Labute approximate surface area is 98.4 Å². The molecule has 4 nitrogen and oxygen atoms in total. The summed E-state index contributed by atoms with van der Waals surface area (Å²) in [6.45, 7) is 0.387. The van der Waals surface area contributed by atoms with Gasteiger partial charge in [-0.2, -0.15) is 0 Å². The molecule has 1 aliphatic carbocycles. The van der Waals surface area contributed by atoms with Gasteiger partial charge in [0.05, 0.1) is 6.61 Å². The SMILES string of the molecule is O=C(O)c1ccnc(OCCC2CCC2)c1F. The Hall–Kier alpha value is -1.65. The van der Waals surface area contributed by atoms with E-state index in [4.69, 9.17) is 9.84 Å². The first-order chi connectivity index (χ1) is 8.18. The van der Waals surface area contributed by atoms with Gasteiger partial charge in [0.25, 0.3) is 5.88 Å². The molecule has 2 rings (SSSR count). The molecular weight excluding hydrogens is 225 g/mol. The first-order valence-electron chi connectivity index (χ1n) is 5.69. The maximum atomic E-state index is 13.6. The standard InChI is InChI=1S/C12H14FNO3/c13-10-9(12(15)16)4-6-14-11(10)17-7-5-8-2-1-3-8/h4,6,8H,1-3,5,7H2,(H,15,16). The topological polar surface area (TPSA) is 59.4 Å². The van der Waals surface area contributed by atoms with Crippen molar-refractivity contribution in [3.63, 3.8) is 0 Å². The zero-order valence-corrected chi connectivity index (χ0v) is 9.36. The summed E-state index contributed by atoms with van der Waals surface area (Å²) >= 11 is 0. The Bertz CT molecular complexity index is 418. The van der Waals surface area contributed by atoms with Crippen LogP contribution in [0.25, 0.3) is 0 Å². The molecule has 0 spiro atoms. The van der Waals surface area contributed by atoms with Gasteiger partial charge in [-0.15, -0.1) is 0 Å². The number of ether oxygens (including phenoxy) is 1. The van der Waals surface area contributed by atoms with E-state index in [1.165, 1.54) is 25.5 Å². The van der Waals surface area contributed by atoms with E-state index in [0.717, 1.165) is 12.5 Å². The van der Waals surface area contributed by atoms with E-state index in [1.807, 2.05) is 0 Å². The van der Waals surface area contributed by atoms with E-state index in [2.05, 4.69) is 4.98 Å². The molecule has 0 radical (unpaired) electrons. The van der Waals surface area contributed by atoms with Crippen molar-refractivity contribution in [3.05, 3.63) is 23.6 Å². The molecule has 17 heavy (non-hydrogen) atoms. The van der Waals surface area contributed by atoms with Crippen LogP contribution in [0.3, 0.4) is 0 Å². The van der Waals surface area contributed by atoms with Crippen LogP contribution in [0.2, 0.25) is 0 Å². The summed E-state index contributed by atoms with van der Waals surface area (Å²) in [5.41, 5.74) is -0.404. The van der Waals surface area contributed by atoms with E-state index in [0.29, 0.717) is 12.5 Å². The van der Waals surface area contributed by atoms with Gasteiger partial charge in [0.15, 0.2) is 5.82 Å². The van der Waals surface area contributed by atoms with Crippen LogP contribution in [0.4, 0.5) is 4.39 Å². The second-order valence-electron chi connectivity index (χ2n) is 4.22. The molecule has 1 aromatic rings. The van der Waals surface area contributed by atoms with Crippen molar-refractivity contribution in [1.82, 2.24) is 4.98 Å². The molecule has 1 heterocycles. The maximum absolute atomic E-state index is 13.6. The lowest BCUT2D eigenvalue weighted by Crippen LogP contribution is -2.15. The van der Waals surface area contributed by atoms with Crippen LogP contribution in [-0.2, 0) is 0 Å². The van der Waals surface area contributed by atoms with Gasteiger partial charge in [0.2, 0.25) is 0 Å². The monoisotopic (exact) mass is 239 g/mol. The van der Waals surface area contributed by atoms with Crippen molar-refractivity contribution in [2.75, 3.05) is 6.61 Å².